The van der Waals surface area contributed by atoms with Gasteiger partial charge in [-0.1, -0.05) is 11.6 Å². The maximum atomic E-state index is 12.1. The van der Waals surface area contributed by atoms with Gasteiger partial charge >= 0.3 is 5.69 Å². The van der Waals surface area contributed by atoms with Crippen molar-refractivity contribution >= 4 is 34.8 Å². The first-order valence-corrected chi connectivity index (χ1v) is 7.64. The minimum atomic E-state index is -0.620. The lowest BCUT2D eigenvalue weighted by Crippen LogP contribution is -2.31. The highest BCUT2D eigenvalue weighted by molar-refractivity contribution is 6.30. The topological polar surface area (TPSA) is 122 Å². The Hall–Kier alpha value is -2.94. The molecule has 1 aromatic heterocycles. The first-order valence-electron chi connectivity index (χ1n) is 7.27. The zero-order valence-corrected chi connectivity index (χ0v) is 14.6. The van der Waals surface area contributed by atoms with Crippen LogP contribution in [-0.4, -0.2) is 26.3 Å². The van der Waals surface area contributed by atoms with Crippen LogP contribution in [-0.2, 0) is 0 Å². The molecule has 1 aromatic carbocycles. The van der Waals surface area contributed by atoms with Crippen molar-refractivity contribution in [2.24, 2.45) is 0 Å². The molecule has 0 bridgehead atoms. The van der Waals surface area contributed by atoms with Crippen LogP contribution >= 0.6 is 11.6 Å². The molecule has 25 heavy (non-hydrogen) atoms. The minimum Gasteiger partial charge on any atom is -0.360 e. The molecule has 0 aliphatic carbocycles. The fourth-order valence-electron chi connectivity index (χ4n) is 1.88. The van der Waals surface area contributed by atoms with E-state index in [4.69, 9.17) is 11.6 Å². The van der Waals surface area contributed by atoms with Gasteiger partial charge in [0.25, 0.3) is 5.91 Å². The van der Waals surface area contributed by atoms with Gasteiger partial charge < -0.3 is 5.32 Å². The number of benzene rings is 1. The van der Waals surface area contributed by atoms with Crippen LogP contribution in [0, 0.1) is 10.1 Å². The Kier molecular flexibility index (Phi) is 5.38. The van der Waals surface area contributed by atoms with Gasteiger partial charge in [0, 0.05) is 16.1 Å². The predicted octanol–water partition coefficient (Wildman–Crippen LogP) is 3.01. The number of carbonyl (C=O) groups excluding carboxylic acids is 1. The van der Waals surface area contributed by atoms with Gasteiger partial charge in [0.1, 0.15) is 6.33 Å². The van der Waals surface area contributed by atoms with Crippen molar-refractivity contribution in [2.45, 2.75) is 26.3 Å². The molecule has 2 aromatic rings. The molecule has 0 atom stereocenters. The molecule has 0 saturated heterocycles. The van der Waals surface area contributed by atoms with Crippen molar-refractivity contribution in [1.82, 2.24) is 15.4 Å². The zero-order chi connectivity index (χ0) is 18.6. The molecule has 0 radical (unpaired) electrons. The van der Waals surface area contributed by atoms with Gasteiger partial charge in [0.15, 0.2) is 0 Å². The quantitative estimate of drug-likeness (QED) is 0.550. The van der Waals surface area contributed by atoms with E-state index in [0.717, 1.165) is 6.33 Å². The average Bonchev–Trinajstić information content (AvgIpc) is 2.51. The van der Waals surface area contributed by atoms with E-state index in [-0.39, 0.29) is 17.3 Å². The van der Waals surface area contributed by atoms with E-state index in [1.165, 1.54) is 12.1 Å². The molecule has 0 unspecified atom stereocenters. The highest BCUT2D eigenvalue weighted by Gasteiger charge is 2.26. The van der Waals surface area contributed by atoms with Gasteiger partial charge in [-0.2, -0.15) is 0 Å². The van der Waals surface area contributed by atoms with Crippen LogP contribution in [0.2, 0.25) is 5.02 Å². The molecule has 0 aliphatic heterocycles. The van der Waals surface area contributed by atoms with Crippen LogP contribution in [0.15, 0.2) is 30.6 Å². The predicted molar refractivity (Wildman–Crippen MR) is 94.6 cm³/mol. The van der Waals surface area contributed by atoms with Gasteiger partial charge in [-0.15, -0.1) is 0 Å². The van der Waals surface area contributed by atoms with Crippen LogP contribution in [0.4, 0.5) is 17.3 Å². The summed E-state index contributed by atoms with van der Waals surface area (Å²) in [7, 11) is 0. The molecular weight excluding hydrogens is 348 g/mol. The summed E-state index contributed by atoms with van der Waals surface area (Å²) < 4.78 is 0. The van der Waals surface area contributed by atoms with Gasteiger partial charge in [0.2, 0.25) is 11.6 Å². The van der Waals surface area contributed by atoms with Gasteiger partial charge in [0.05, 0.1) is 4.92 Å². The number of hydrazine groups is 1. The summed E-state index contributed by atoms with van der Waals surface area (Å²) in [6, 6.07) is 6.19. The van der Waals surface area contributed by atoms with Crippen molar-refractivity contribution in [2.75, 3.05) is 10.7 Å². The van der Waals surface area contributed by atoms with Crippen molar-refractivity contribution in [1.29, 1.82) is 0 Å². The number of hydrogen-bond donors (Lipinski definition) is 3. The third-order valence-corrected chi connectivity index (χ3v) is 3.15. The largest absolute Gasteiger partial charge is 0.360 e. The second-order valence-corrected chi connectivity index (χ2v) is 6.57. The molecule has 1 heterocycles. The summed E-state index contributed by atoms with van der Waals surface area (Å²) in [6.07, 6.45) is 1.16. The molecular formula is C15H17ClN6O3. The molecule has 1 amide bonds. The third kappa shape index (κ3) is 5.01. The number of nitrogens with one attached hydrogen (secondary N) is 3. The first-order chi connectivity index (χ1) is 11.7. The Balaban J connectivity index is 2.21. The van der Waals surface area contributed by atoms with Crippen LogP contribution in [0.25, 0.3) is 0 Å². The Morgan fingerprint density at radius 1 is 1.16 bits per heavy atom. The Bertz CT molecular complexity index is 789. The zero-order valence-electron chi connectivity index (χ0n) is 13.8. The third-order valence-electron chi connectivity index (χ3n) is 2.90. The monoisotopic (exact) mass is 364 g/mol. The van der Waals surface area contributed by atoms with Gasteiger partial charge in [-0.25, -0.2) is 9.97 Å². The summed E-state index contributed by atoms with van der Waals surface area (Å²) in [5.74, 6) is -0.570. The lowest BCUT2D eigenvalue weighted by Gasteiger charge is -2.21. The van der Waals surface area contributed by atoms with E-state index in [1.807, 2.05) is 20.8 Å². The highest BCUT2D eigenvalue weighted by atomic mass is 35.5. The fourth-order valence-corrected chi connectivity index (χ4v) is 2.01. The number of nitro groups is 1. The fraction of sp³-hybridized carbons (Fsp3) is 0.267. The lowest BCUT2D eigenvalue weighted by atomic mass is 10.1. The van der Waals surface area contributed by atoms with Crippen LogP contribution < -0.4 is 16.2 Å². The Morgan fingerprint density at radius 2 is 1.76 bits per heavy atom. The van der Waals surface area contributed by atoms with Crippen molar-refractivity contribution in [3.05, 3.63) is 51.3 Å². The molecule has 132 valence electrons. The highest BCUT2D eigenvalue weighted by Crippen LogP contribution is 2.30. The number of hydrogen-bond acceptors (Lipinski definition) is 7. The van der Waals surface area contributed by atoms with Crippen molar-refractivity contribution < 1.29 is 9.72 Å². The van der Waals surface area contributed by atoms with E-state index < -0.39 is 16.4 Å². The molecule has 0 fully saturated rings. The van der Waals surface area contributed by atoms with Gasteiger partial charge in [-0.05, 0) is 45.0 Å². The maximum Gasteiger partial charge on any atom is 0.354 e. The first kappa shape index (κ1) is 18.4. The molecule has 10 heteroatoms. The van der Waals surface area contributed by atoms with E-state index in [2.05, 4.69) is 26.1 Å². The van der Waals surface area contributed by atoms with E-state index in [1.54, 1.807) is 12.1 Å². The smallest absolute Gasteiger partial charge is 0.354 e. The van der Waals surface area contributed by atoms with Crippen LogP contribution in [0.1, 0.15) is 31.1 Å². The number of anilines is 2. The normalized spacial score (nSPS) is 10.9. The number of amides is 1. The summed E-state index contributed by atoms with van der Waals surface area (Å²) >= 11 is 5.77. The van der Waals surface area contributed by atoms with Crippen LogP contribution in [0.3, 0.4) is 0 Å². The molecule has 3 N–H and O–H groups in total. The molecule has 2 rings (SSSR count). The summed E-state index contributed by atoms with van der Waals surface area (Å²) in [4.78, 5) is 30.6. The minimum absolute atomic E-state index is 0.0516. The summed E-state index contributed by atoms with van der Waals surface area (Å²) in [6.45, 7) is 5.52. The number of rotatable bonds is 5. The molecule has 0 spiro atoms. The van der Waals surface area contributed by atoms with Gasteiger partial charge in [-0.3, -0.25) is 25.8 Å². The number of aromatic nitrogens is 2. The molecule has 0 aliphatic rings. The maximum absolute atomic E-state index is 12.1. The van der Waals surface area contributed by atoms with Crippen molar-refractivity contribution in [3.63, 3.8) is 0 Å². The Morgan fingerprint density at radius 3 is 2.32 bits per heavy atom. The van der Waals surface area contributed by atoms with Crippen molar-refractivity contribution in [3.8, 4) is 0 Å². The Labute approximate surface area is 148 Å². The second kappa shape index (κ2) is 7.31. The SMILES string of the molecule is CC(C)(C)Nc1ncnc(NNC(=O)c2ccc(Cl)cc2)c1[N+](=O)[O-]. The molecule has 9 nitrogen and oxygen atoms in total. The number of halogens is 1. The summed E-state index contributed by atoms with van der Waals surface area (Å²) in [5.41, 5.74) is 4.36. The number of carbonyl (C=O) groups is 1. The molecule has 0 saturated carbocycles. The number of nitrogens with zero attached hydrogens (tertiary/aromatic N) is 3. The summed E-state index contributed by atoms with van der Waals surface area (Å²) in [5, 5.41) is 14.8. The van der Waals surface area contributed by atoms with E-state index >= 15 is 0 Å². The standard InChI is InChI=1S/C15H17ClN6O3/c1-15(2,3)19-12-11(22(24)25)13(18-8-17-12)20-21-14(23)9-4-6-10(16)7-5-9/h4-8H,1-3H3,(H,21,23)(H2,17,18,19,20). The lowest BCUT2D eigenvalue weighted by molar-refractivity contribution is -0.383. The second-order valence-electron chi connectivity index (χ2n) is 6.14. The van der Waals surface area contributed by atoms with E-state index in [0.29, 0.717) is 10.6 Å². The average molecular weight is 365 g/mol. The van der Waals surface area contributed by atoms with Crippen LogP contribution in [0.5, 0.6) is 0 Å². The van der Waals surface area contributed by atoms with E-state index in [9.17, 15) is 14.9 Å².